The molecule has 9 heteroatoms. The molecule has 0 unspecified atom stereocenters. The normalized spacial score (nSPS) is 23.3. The number of anilines is 1. The Bertz CT molecular complexity index is 924. The first-order valence-corrected chi connectivity index (χ1v) is 14.2. The number of hydrogen-bond donors (Lipinski definition) is 0. The Kier molecular flexibility index (Phi) is 8.04. The monoisotopic (exact) mass is 484 g/mol. The number of carbonyl (C=O) groups excluding carboxylic acids is 2. The maximum absolute atomic E-state index is 13.6. The predicted molar refractivity (Wildman–Crippen MR) is 128 cm³/mol. The topological polar surface area (TPSA) is 84.0 Å². The minimum Gasteiger partial charge on any atom is -0.465 e. The molecule has 1 saturated heterocycles. The first-order valence-electron chi connectivity index (χ1n) is 11.5. The molecule has 2 aliphatic rings. The number of methoxy groups -OCH3 is 1. The second kappa shape index (κ2) is 10.2. The van der Waals surface area contributed by atoms with Crippen molar-refractivity contribution in [2.75, 3.05) is 31.4 Å². The van der Waals surface area contributed by atoms with Crippen LogP contribution in [0.4, 0.5) is 5.00 Å². The highest BCUT2D eigenvalue weighted by atomic mass is 32.2. The third-order valence-corrected chi connectivity index (χ3v) is 9.40. The van der Waals surface area contributed by atoms with Gasteiger partial charge in [-0.2, -0.15) is 0 Å². The van der Waals surface area contributed by atoms with Crippen molar-refractivity contribution in [1.29, 1.82) is 0 Å². The van der Waals surface area contributed by atoms with Gasteiger partial charge in [0.2, 0.25) is 15.9 Å². The molecule has 0 bridgehead atoms. The van der Waals surface area contributed by atoms with E-state index in [1.807, 2.05) is 19.9 Å². The molecular formula is C23H36N2O5S2. The van der Waals surface area contributed by atoms with Crippen molar-refractivity contribution < 1.29 is 22.7 Å². The van der Waals surface area contributed by atoms with Crippen LogP contribution in [-0.4, -0.2) is 57.1 Å². The number of amides is 1. The van der Waals surface area contributed by atoms with Gasteiger partial charge in [0.1, 0.15) is 5.00 Å². The molecule has 1 aliphatic carbocycles. The van der Waals surface area contributed by atoms with Gasteiger partial charge in [-0.1, -0.05) is 6.92 Å². The number of ether oxygens (including phenoxy) is 1. The van der Waals surface area contributed by atoms with Crippen molar-refractivity contribution in [3.63, 3.8) is 0 Å². The van der Waals surface area contributed by atoms with Crippen molar-refractivity contribution in [1.82, 2.24) is 4.31 Å². The molecule has 32 heavy (non-hydrogen) atoms. The van der Waals surface area contributed by atoms with Crippen LogP contribution in [0.15, 0.2) is 6.07 Å². The summed E-state index contributed by atoms with van der Waals surface area (Å²) in [7, 11) is -1.84. The van der Waals surface area contributed by atoms with Crippen LogP contribution >= 0.6 is 11.3 Å². The average Bonchev–Trinajstić information content (AvgIpc) is 3.17. The van der Waals surface area contributed by atoms with Gasteiger partial charge in [-0.15, -0.1) is 11.3 Å². The minimum atomic E-state index is -3.19. The van der Waals surface area contributed by atoms with E-state index in [0.29, 0.717) is 42.4 Å². The van der Waals surface area contributed by atoms with E-state index in [2.05, 4.69) is 6.92 Å². The molecule has 7 nitrogen and oxygen atoms in total. The molecule has 0 radical (unpaired) electrons. The lowest BCUT2D eigenvalue weighted by atomic mass is 9.82. The Morgan fingerprint density at radius 2 is 1.72 bits per heavy atom. The SMILES string of the molecule is COC(=O)c1cc(C2CCN(S(C)(=O)=O)CC2)sc1N(C(=O)C1CCC(C)CC1)C(C)C. The van der Waals surface area contributed by atoms with Crippen LogP contribution in [0.1, 0.15) is 80.4 Å². The molecule has 1 saturated carbocycles. The van der Waals surface area contributed by atoms with Gasteiger partial charge in [-0.3, -0.25) is 4.79 Å². The Morgan fingerprint density at radius 1 is 1.12 bits per heavy atom. The highest BCUT2D eigenvalue weighted by molar-refractivity contribution is 7.88. The molecule has 2 fully saturated rings. The largest absolute Gasteiger partial charge is 0.465 e. The molecule has 2 heterocycles. The molecule has 0 N–H and O–H groups in total. The molecule has 1 aromatic heterocycles. The van der Waals surface area contributed by atoms with Crippen molar-refractivity contribution in [2.45, 2.75) is 71.3 Å². The number of hydrogen-bond acceptors (Lipinski definition) is 6. The fourth-order valence-electron chi connectivity index (χ4n) is 4.80. The van der Waals surface area contributed by atoms with Gasteiger partial charge in [0.25, 0.3) is 0 Å². The van der Waals surface area contributed by atoms with Crippen molar-refractivity contribution in [3.8, 4) is 0 Å². The lowest BCUT2D eigenvalue weighted by molar-refractivity contribution is -0.123. The zero-order chi connectivity index (χ0) is 23.6. The van der Waals surface area contributed by atoms with Crippen LogP contribution in [0.3, 0.4) is 0 Å². The number of esters is 1. The highest BCUT2D eigenvalue weighted by Crippen LogP contribution is 2.42. The fraction of sp³-hybridized carbons (Fsp3) is 0.739. The Morgan fingerprint density at radius 3 is 2.22 bits per heavy atom. The minimum absolute atomic E-state index is 0.0114. The zero-order valence-electron chi connectivity index (χ0n) is 19.8. The molecule has 1 amide bonds. The van der Waals surface area contributed by atoms with E-state index in [-0.39, 0.29) is 23.8 Å². The summed E-state index contributed by atoms with van der Waals surface area (Å²) >= 11 is 1.48. The van der Waals surface area contributed by atoms with Gasteiger partial charge < -0.3 is 9.64 Å². The number of carbonyl (C=O) groups is 2. The van der Waals surface area contributed by atoms with Gasteiger partial charge in [0.05, 0.1) is 18.9 Å². The molecular weight excluding hydrogens is 448 g/mol. The Balaban J connectivity index is 1.89. The second-order valence-electron chi connectivity index (χ2n) is 9.55. The zero-order valence-corrected chi connectivity index (χ0v) is 21.4. The van der Waals surface area contributed by atoms with Gasteiger partial charge in [-0.25, -0.2) is 17.5 Å². The summed E-state index contributed by atoms with van der Waals surface area (Å²) in [6, 6.07) is 1.78. The van der Waals surface area contributed by atoms with E-state index >= 15 is 0 Å². The maximum Gasteiger partial charge on any atom is 0.340 e. The molecule has 0 spiro atoms. The third-order valence-electron chi connectivity index (χ3n) is 6.80. The number of sulfonamides is 1. The smallest absolute Gasteiger partial charge is 0.340 e. The Labute approximate surface area is 196 Å². The average molecular weight is 485 g/mol. The lowest BCUT2D eigenvalue weighted by Crippen LogP contribution is -2.42. The van der Waals surface area contributed by atoms with E-state index < -0.39 is 16.0 Å². The summed E-state index contributed by atoms with van der Waals surface area (Å²) in [5.41, 5.74) is 0.435. The van der Waals surface area contributed by atoms with Gasteiger partial charge in [0, 0.05) is 29.9 Å². The standard InChI is InChI=1S/C23H36N2O5S2/c1-15(2)25(21(26)18-8-6-16(3)7-9-18)22-19(23(27)30-4)14-20(31-22)17-10-12-24(13-11-17)32(5,28)29/h14-18H,6-13H2,1-5H3. The summed E-state index contributed by atoms with van der Waals surface area (Å²) in [6.45, 7) is 7.13. The molecule has 0 atom stereocenters. The first kappa shape index (κ1) is 25.2. The van der Waals surface area contributed by atoms with Gasteiger partial charge in [0.15, 0.2) is 0 Å². The molecule has 180 valence electrons. The van der Waals surface area contributed by atoms with Crippen molar-refractivity contribution in [3.05, 3.63) is 16.5 Å². The number of thiophene rings is 1. The quantitative estimate of drug-likeness (QED) is 0.564. The molecule has 0 aromatic carbocycles. The Hall–Kier alpha value is -1.45. The highest BCUT2D eigenvalue weighted by Gasteiger charge is 2.35. The van der Waals surface area contributed by atoms with Crippen LogP contribution in [-0.2, 0) is 19.6 Å². The van der Waals surface area contributed by atoms with Gasteiger partial charge in [-0.05, 0) is 70.3 Å². The maximum atomic E-state index is 13.6. The number of nitrogens with zero attached hydrogens (tertiary/aromatic N) is 2. The predicted octanol–water partition coefficient (Wildman–Crippen LogP) is 4.24. The van der Waals surface area contributed by atoms with E-state index in [1.54, 1.807) is 4.90 Å². The van der Waals surface area contributed by atoms with Gasteiger partial charge >= 0.3 is 5.97 Å². The fourth-order valence-corrected chi connectivity index (χ4v) is 7.13. The van der Waals surface area contributed by atoms with Crippen molar-refractivity contribution >= 4 is 38.2 Å². The van der Waals surface area contributed by atoms with Crippen molar-refractivity contribution in [2.24, 2.45) is 11.8 Å². The third kappa shape index (κ3) is 5.54. The summed E-state index contributed by atoms with van der Waals surface area (Å²) in [5.74, 6) is 0.463. The van der Waals surface area contributed by atoms with Crippen LogP contribution < -0.4 is 4.90 Å². The van der Waals surface area contributed by atoms with Crippen LogP contribution in [0.25, 0.3) is 0 Å². The molecule has 1 aromatic rings. The van der Waals surface area contributed by atoms with Crippen LogP contribution in [0.5, 0.6) is 0 Å². The van der Waals surface area contributed by atoms with E-state index in [1.165, 1.54) is 29.0 Å². The first-order chi connectivity index (χ1) is 15.0. The van der Waals surface area contributed by atoms with Crippen LogP contribution in [0, 0.1) is 11.8 Å². The van der Waals surface area contributed by atoms with E-state index in [9.17, 15) is 18.0 Å². The van der Waals surface area contributed by atoms with E-state index in [0.717, 1.165) is 30.6 Å². The summed E-state index contributed by atoms with van der Waals surface area (Å²) in [6.07, 6.45) is 6.52. The van der Waals surface area contributed by atoms with Crippen LogP contribution in [0.2, 0.25) is 0 Å². The summed E-state index contributed by atoms with van der Waals surface area (Å²) in [5, 5.41) is 0.663. The molecule has 3 rings (SSSR count). The number of piperidine rings is 1. The van der Waals surface area contributed by atoms with E-state index in [4.69, 9.17) is 4.74 Å². The summed E-state index contributed by atoms with van der Waals surface area (Å²) < 4.78 is 30.3. The lowest BCUT2D eigenvalue weighted by Gasteiger charge is -2.33. The molecule has 1 aliphatic heterocycles. The second-order valence-corrected chi connectivity index (χ2v) is 12.6. The summed E-state index contributed by atoms with van der Waals surface area (Å²) in [4.78, 5) is 29.0. The number of rotatable bonds is 6.